The molecule has 0 saturated heterocycles. The average Bonchev–Trinajstić information content (AvgIpc) is 2.99. The summed E-state index contributed by atoms with van der Waals surface area (Å²) < 4.78 is 18.5. The molecule has 0 spiro atoms. The molecule has 1 heterocycles. The SMILES string of the molecule is OCC(CO)(CO)NCc1ccc(-c2ccc(F)cc2)o1. The van der Waals surface area contributed by atoms with Gasteiger partial charge in [-0.3, -0.25) is 5.32 Å². The third kappa shape index (κ3) is 3.68. The van der Waals surface area contributed by atoms with Gasteiger partial charge in [-0.25, -0.2) is 4.39 Å². The van der Waals surface area contributed by atoms with E-state index in [-0.39, 0.29) is 12.4 Å². The fraction of sp³-hybridized carbons (Fsp3) is 0.333. The number of benzene rings is 1. The monoisotopic (exact) mass is 295 g/mol. The summed E-state index contributed by atoms with van der Waals surface area (Å²) in [6, 6.07) is 9.43. The van der Waals surface area contributed by atoms with Crippen molar-refractivity contribution in [2.75, 3.05) is 19.8 Å². The first-order valence-corrected chi connectivity index (χ1v) is 6.55. The van der Waals surface area contributed by atoms with Crippen LogP contribution in [-0.4, -0.2) is 40.7 Å². The van der Waals surface area contributed by atoms with Crippen LogP contribution in [0.1, 0.15) is 5.76 Å². The zero-order valence-electron chi connectivity index (χ0n) is 11.4. The van der Waals surface area contributed by atoms with Crippen LogP contribution < -0.4 is 5.32 Å². The third-order valence-electron chi connectivity index (χ3n) is 3.34. The van der Waals surface area contributed by atoms with Gasteiger partial charge in [0.15, 0.2) is 0 Å². The molecule has 4 N–H and O–H groups in total. The van der Waals surface area contributed by atoms with Crippen LogP contribution in [0.15, 0.2) is 40.8 Å². The summed E-state index contributed by atoms with van der Waals surface area (Å²) in [6.07, 6.45) is 0. The number of aliphatic hydroxyl groups is 3. The smallest absolute Gasteiger partial charge is 0.134 e. The second-order valence-corrected chi connectivity index (χ2v) is 4.88. The van der Waals surface area contributed by atoms with Gasteiger partial charge in [-0.05, 0) is 36.4 Å². The highest BCUT2D eigenvalue weighted by Gasteiger charge is 2.27. The van der Waals surface area contributed by atoms with E-state index in [1.165, 1.54) is 12.1 Å². The first-order chi connectivity index (χ1) is 10.1. The summed E-state index contributed by atoms with van der Waals surface area (Å²) in [7, 11) is 0. The van der Waals surface area contributed by atoms with E-state index < -0.39 is 25.4 Å². The number of nitrogens with one attached hydrogen (secondary N) is 1. The van der Waals surface area contributed by atoms with Crippen LogP contribution in [0.3, 0.4) is 0 Å². The van der Waals surface area contributed by atoms with Gasteiger partial charge >= 0.3 is 0 Å². The minimum atomic E-state index is -1.15. The summed E-state index contributed by atoms with van der Waals surface area (Å²) in [5, 5.41) is 30.5. The molecule has 0 aliphatic rings. The molecule has 0 radical (unpaired) electrons. The maximum absolute atomic E-state index is 12.9. The van der Waals surface area contributed by atoms with Crippen LogP contribution in [0.2, 0.25) is 0 Å². The molecule has 0 bridgehead atoms. The second-order valence-electron chi connectivity index (χ2n) is 4.88. The van der Waals surface area contributed by atoms with Crippen molar-refractivity contribution < 1.29 is 24.1 Å². The van der Waals surface area contributed by atoms with Gasteiger partial charge in [0, 0.05) is 5.56 Å². The molecule has 0 fully saturated rings. The minimum Gasteiger partial charge on any atom is -0.460 e. The molecule has 5 nitrogen and oxygen atoms in total. The Bertz CT molecular complexity index is 555. The van der Waals surface area contributed by atoms with Gasteiger partial charge in [0.1, 0.15) is 17.3 Å². The Kier molecular flexibility index (Phi) is 5.08. The van der Waals surface area contributed by atoms with Gasteiger partial charge in [-0.2, -0.15) is 0 Å². The first-order valence-electron chi connectivity index (χ1n) is 6.55. The van der Waals surface area contributed by atoms with E-state index in [1.807, 2.05) is 0 Å². The van der Waals surface area contributed by atoms with Gasteiger partial charge < -0.3 is 19.7 Å². The summed E-state index contributed by atoms with van der Waals surface area (Å²) in [6.45, 7) is -0.953. The van der Waals surface area contributed by atoms with Crippen LogP contribution in [-0.2, 0) is 6.54 Å². The molecule has 0 aliphatic heterocycles. The quantitative estimate of drug-likeness (QED) is 0.609. The van der Waals surface area contributed by atoms with E-state index in [1.54, 1.807) is 24.3 Å². The van der Waals surface area contributed by atoms with E-state index in [2.05, 4.69) is 5.32 Å². The van der Waals surface area contributed by atoms with Crippen molar-refractivity contribution in [2.24, 2.45) is 0 Å². The molecule has 1 aromatic heterocycles. The van der Waals surface area contributed by atoms with Crippen LogP contribution >= 0.6 is 0 Å². The lowest BCUT2D eigenvalue weighted by Gasteiger charge is -2.28. The Morgan fingerprint density at radius 2 is 1.57 bits per heavy atom. The lowest BCUT2D eigenvalue weighted by atomic mass is 10.0. The third-order valence-corrected chi connectivity index (χ3v) is 3.34. The van der Waals surface area contributed by atoms with Crippen molar-refractivity contribution >= 4 is 0 Å². The number of aliphatic hydroxyl groups excluding tert-OH is 3. The van der Waals surface area contributed by atoms with Gasteiger partial charge in [-0.15, -0.1) is 0 Å². The molecule has 2 rings (SSSR count). The molecular formula is C15H18FNO4. The molecule has 0 atom stereocenters. The number of hydrogen-bond donors (Lipinski definition) is 4. The van der Waals surface area contributed by atoms with Crippen LogP contribution in [0.4, 0.5) is 4.39 Å². The highest BCUT2D eigenvalue weighted by atomic mass is 19.1. The molecule has 2 aromatic rings. The van der Waals surface area contributed by atoms with Crippen LogP contribution in [0.5, 0.6) is 0 Å². The fourth-order valence-corrected chi connectivity index (χ4v) is 1.83. The second kappa shape index (κ2) is 6.82. The van der Waals surface area contributed by atoms with E-state index in [0.717, 1.165) is 5.56 Å². The van der Waals surface area contributed by atoms with Crippen molar-refractivity contribution in [3.05, 3.63) is 48.0 Å². The fourth-order valence-electron chi connectivity index (χ4n) is 1.83. The Hall–Kier alpha value is -1.73. The summed E-state index contributed by atoms with van der Waals surface area (Å²) >= 11 is 0. The number of furan rings is 1. The van der Waals surface area contributed by atoms with E-state index >= 15 is 0 Å². The maximum Gasteiger partial charge on any atom is 0.134 e. The molecule has 1 aromatic carbocycles. The Labute approximate surface area is 121 Å². The van der Waals surface area contributed by atoms with E-state index in [9.17, 15) is 19.7 Å². The zero-order valence-corrected chi connectivity index (χ0v) is 11.4. The Morgan fingerprint density at radius 1 is 0.952 bits per heavy atom. The Morgan fingerprint density at radius 3 is 2.14 bits per heavy atom. The lowest BCUT2D eigenvalue weighted by molar-refractivity contribution is 0.0402. The van der Waals surface area contributed by atoms with Gasteiger partial charge in [0.05, 0.1) is 31.9 Å². The number of halogens is 1. The number of rotatable bonds is 7. The normalized spacial score (nSPS) is 11.8. The van der Waals surface area contributed by atoms with Crippen molar-refractivity contribution in [1.82, 2.24) is 5.32 Å². The predicted molar refractivity (Wildman–Crippen MR) is 74.9 cm³/mol. The number of hydrogen-bond acceptors (Lipinski definition) is 5. The van der Waals surface area contributed by atoms with Crippen molar-refractivity contribution in [3.63, 3.8) is 0 Å². The first kappa shape index (κ1) is 15.7. The molecule has 114 valence electrons. The zero-order chi connectivity index (χ0) is 15.3. The van der Waals surface area contributed by atoms with Crippen LogP contribution in [0.25, 0.3) is 11.3 Å². The minimum absolute atomic E-state index is 0.239. The van der Waals surface area contributed by atoms with Gasteiger partial charge in [0.2, 0.25) is 0 Å². The molecule has 0 aliphatic carbocycles. The Balaban J connectivity index is 2.05. The average molecular weight is 295 g/mol. The predicted octanol–water partition coefficient (Wildman–Crippen LogP) is 0.891. The van der Waals surface area contributed by atoms with E-state index in [4.69, 9.17) is 4.42 Å². The topological polar surface area (TPSA) is 85.9 Å². The standard InChI is InChI=1S/C15H18FNO4/c16-12-3-1-11(2-4-12)14-6-5-13(21-14)7-17-15(8-18,9-19)10-20/h1-6,17-20H,7-10H2. The van der Waals surface area contributed by atoms with Gasteiger partial charge in [-0.1, -0.05) is 0 Å². The highest BCUT2D eigenvalue weighted by Crippen LogP contribution is 2.22. The molecule has 6 heteroatoms. The summed E-state index contributed by atoms with van der Waals surface area (Å²) in [5.74, 6) is 0.856. The van der Waals surface area contributed by atoms with Crippen LogP contribution in [0, 0.1) is 5.82 Å². The molecule has 0 saturated carbocycles. The van der Waals surface area contributed by atoms with E-state index in [0.29, 0.717) is 11.5 Å². The van der Waals surface area contributed by atoms with Gasteiger partial charge in [0.25, 0.3) is 0 Å². The largest absolute Gasteiger partial charge is 0.460 e. The lowest BCUT2D eigenvalue weighted by Crippen LogP contribution is -2.54. The van der Waals surface area contributed by atoms with Crippen molar-refractivity contribution in [3.8, 4) is 11.3 Å². The molecule has 0 unspecified atom stereocenters. The van der Waals surface area contributed by atoms with Crippen molar-refractivity contribution in [1.29, 1.82) is 0 Å². The molecule has 21 heavy (non-hydrogen) atoms. The molecular weight excluding hydrogens is 277 g/mol. The van der Waals surface area contributed by atoms with Crippen molar-refractivity contribution in [2.45, 2.75) is 12.1 Å². The maximum atomic E-state index is 12.9. The highest BCUT2D eigenvalue weighted by molar-refractivity contribution is 5.57. The molecule has 0 amide bonds. The summed E-state index contributed by atoms with van der Waals surface area (Å²) in [5.41, 5.74) is -0.400. The summed E-state index contributed by atoms with van der Waals surface area (Å²) in [4.78, 5) is 0.